The van der Waals surface area contributed by atoms with Gasteiger partial charge in [-0.25, -0.2) is 15.2 Å². The van der Waals surface area contributed by atoms with Crippen molar-refractivity contribution in [3.05, 3.63) is 112 Å². The van der Waals surface area contributed by atoms with Gasteiger partial charge in [-0.15, -0.1) is 0 Å². The molecule has 0 aliphatic rings. The summed E-state index contributed by atoms with van der Waals surface area (Å²) in [5, 5.41) is 4.11. The number of ether oxygens (including phenoxy) is 1. The third-order valence-electron chi connectivity index (χ3n) is 4.30. The standard InChI is InChI=1S/C24H18N4O3/c29-22-15-21(18-7-3-1-4-8-18)26-24(27-22)28-25-16-17-11-13-20(14-12-17)31-23(30)19-9-5-2-6-10-19/h1-16H,(H2,26,27,28,29)/b25-16-. The van der Waals surface area contributed by atoms with Crippen molar-refractivity contribution < 1.29 is 9.53 Å². The van der Waals surface area contributed by atoms with E-state index in [9.17, 15) is 9.59 Å². The molecule has 4 aromatic rings. The van der Waals surface area contributed by atoms with Crippen LogP contribution in [0.1, 0.15) is 15.9 Å². The molecule has 4 rings (SSSR count). The normalized spacial score (nSPS) is 10.7. The van der Waals surface area contributed by atoms with Gasteiger partial charge in [0, 0.05) is 11.6 Å². The number of carbonyl (C=O) groups excluding carboxylic acids is 1. The van der Waals surface area contributed by atoms with Gasteiger partial charge in [0.15, 0.2) is 0 Å². The Bertz CT molecular complexity index is 1250. The molecule has 1 heterocycles. The lowest BCUT2D eigenvalue weighted by molar-refractivity contribution is 0.0735. The van der Waals surface area contributed by atoms with Gasteiger partial charge in [-0.1, -0.05) is 48.5 Å². The van der Waals surface area contributed by atoms with E-state index >= 15 is 0 Å². The van der Waals surface area contributed by atoms with Crippen LogP contribution in [-0.4, -0.2) is 22.2 Å². The largest absolute Gasteiger partial charge is 0.423 e. The molecule has 7 heteroatoms. The summed E-state index contributed by atoms with van der Waals surface area (Å²) in [6.45, 7) is 0. The van der Waals surface area contributed by atoms with Crippen LogP contribution in [0.2, 0.25) is 0 Å². The number of H-pyrrole nitrogens is 1. The van der Waals surface area contributed by atoms with Gasteiger partial charge in [0.2, 0.25) is 5.95 Å². The highest BCUT2D eigenvalue weighted by Gasteiger charge is 2.07. The van der Waals surface area contributed by atoms with Crippen molar-refractivity contribution in [3.8, 4) is 17.0 Å². The fourth-order valence-electron chi connectivity index (χ4n) is 2.80. The Morgan fingerprint density at radius 1 is 0.935 bits per heavy atom. The highest BCUT2D eigenvalue weighted by Crippen LogP contribution is 2.16. The maximum Gasteiger partial charge on any atom is 0.343 e. The lowest BCUT2D eigenvalue weighted by Crippen LogP contribution is -2.10. The van der Waals surface area contributed by atoms with Gasteiger partial charge in [0.25, 0.3) is 5.56 Å². The number of aromatic nitrogens is 2. The van der Waals surface area contributed by atoms with Crippen molar-refractivity contribution in [2.45, 2.75) is 0 Å². The number of hydrogen-bond acceptors (Lipinski definition) is 6. The monoisotopic (exact) mass is 410 g/mol. The molecule has 0 radical (unpaired) electrons. The zero-order chi connectivity index (χ0) is 21.5. The zero-order valence-corrected chi connectivity index (χ0v) is 16.4. The molecule has 152 valence electrons. The Kier molecular flexibility index (Phi) is 5.95. The summed E-state index contributed by atoms with van der Waals surface area (Å²) in [6, 6.07) is 26.5. The summed E-state index contributed by atoms with van der Waals surface area (Å²) >= 11 is 0. The molecule has 7 nitrogen and oxygen atoms in total. The van der Waals surface area contributed by atoms with Crippen molar-refractivity contribution in [2.24, 2.45) is 5.10 Å². The van der Waals surface area contributed by atoms with E-state index in [2.05, 4.69) is 20.5 Å². The van der Waals surface area contributed by atoms with Gasteiger partial charge in [-0.2, -0.15) is 5.10 Å². The summed E-state index contributed by atoms with van der Waals surface area (Å²) in [5.74, 6) is 0.244. The van der Waals surface area contributed by atoms with Crippen LogP contribution in [0, 0.1) is 0 Å². The quantitative estimate of drug-likeness (QED) is 0.216. The maximum absolute atomic E-state index is 12.1. The van der Waals surface area contributed by atoms with Crippen molar-refractivity contribution >= 4 is 18.1 Å². The first-order chi connectivity index (χ1) is 15.2. The number of anilines is 1. The molecule has 0 atom stereocenters. The molecule has 0 unspecified atom stereocenters. The summed E-state index contributed by atoms with van der Waals surface area (Å²) in [4.78, 5) is 31.0. The Morgan fingerprint density at radius 3 is 2.32 bits per heavy atom. The number of nitrogens with zero attached hydrogens (tertiary/aromatic N) is 2. The first-order valence-corrected chi connectivity index (χ1v) is 9.50. The Labute approximate surface area is 178 Å². The Morgan fingerprint density at radius 2 is 1.61 bits per heavy atom. The second-order valence-corrected chi connectivity index (χ2v) is 6.54. The van der Waals surface area contributed by atoms with Gasteiger partial charge >= 0.3 is 5.97 Å². The third-order valence-corrected chi connectivity index (χ3v) is 4.30. The second-order valence-electron chi connectivity index (χ2n) is 6.54. The van der Waals surface area contributed by atoms with Crippen molar-refractivity contribution in [2.75, 3.05) is 5.43 Å². The van der Waals surface area contributed by atoms with E-state index in [-0.39, 0.29) is 11.5 Å². The average Bonchev–Trinajstić information content (AvgIpc) is 2.81. The number of aromatic amines is 1. The van der Waals surface area contributed by atoms with Crippen LogP contribution in [0.15, 0.2) is 101 Å². The number of esters is 1. The van der Waals surface area contributed by atoms with Crippen LogP contribution < -0.4 is 15.7 Å². The molecule has 31 heavy (non-hydrogen) atoms. The number of carbonyl (C=O) groups is 1. The lowest BCUT2D eigenvalue weighted by Gasteiger charge is -2.05. The highest BCUT2D eigenvalue weighted by molar-refractivity contribution is 5.91. The van der Waals surface area contributed by atoms with Crippen LogP contribution >= 0.6 is 0 Å². The van der Waals surface area contributed by atoms with Crippen LogP contribution in [0.3, 0.4) is 0 Å². The zero-order valence-electron chi connectivity index (χ0n) is 16.4. The van der Waals surface area contributed by atoms with Crippen LogP contribution in [0.5, 0.6) is 5.75 Å². The van der Waals surface area contributed by atoms with E-state index in [0.717, 1.165) is 11.1 Å². The van der Waals surface area contributed by atoms with E-state index in [1.807, 2.05) is 36.4 Å². The molecule has 1 aromatic heterocycles. The van der Waals surface area contributed by atoms with Crippen LogP contribution in [0.4, 0.5) is 5.95 Å². The van der Waals surface area contributed by atoms with Gasteiger partial charge < -0.3 is 4.74 Å². The Balaban J connectivity index is 1.40. The van der Waals surface area contributed by atoms with Crippen molar-refractivity contribution in [3.63, 3.8) is 0 Å². The average molecular weight is 410 g/mol. The molecule has 0 saturated carbocycles. The van der Waals surface area contributed by atoms with E-state index in [1.54, 1.807) is 54.7 Å². The number of benzene rings is 3. The second kappa shape index (κ2) is 9.32. The first kappa shape index (κ1) is 19.8. The van der Waals surface area contributed by atoms with Crippen molar-refractivity contribution in [1.82, 2.24) is 9.97 Å². The highest BCUT2D eigenvalue weighted by atomic mass is 16.5. The third kappa shape index (κ3) is 5.30. The molecule has 0 spiro atoms. The number of hydrazone groups is 1. The molecule has 3 aromatic carbocycles. The Hall–Kier alpha value is -4.52. The first-order valence-electron chi connectivity index (χ1n) is 9.50. The summed E-state index contributed by atoms with van der Waals surface area (Å²) in [5.41, 5.74) is 5.09. The lowest BCUT2D eigenvalue weighted by atomic mass is 10.1. The van der Waals surface area contributed by atoms with E-state index in [0.29, 0.717) is 17.0 Å². The molecule has 0 aliphatic carbocycles. The SMILES string of the molecule is O=C(Oc1ccc(/C=N\Nc2nc(-c3ccccc3)cc(=O)[nH]2)cc1)c1ccccc1. The molecule has 0 aliphatic heterocycles. The summed E-state index contributed by atoms with van der Waals surface area (Å²) < 4.78 is 5.35. The fraction of sp³-hybridized carbons (Fsp3) is 0. The number of hydrogen-bond donors (Lipinski definition) is 2. The minimum absolute atomic E-state index is 0.232. The van der Waals surface area contributed by atoms with Gasteiger partial charge in [0.05, 0.1) is 17.5 Å². The summed E-state index contributed by atoms with van der Waals surface area (Å²) in [6.07, 6.45) is 1.57. The van der Waals surface area contributed by atoms with Crippen molar-refractivity contribution in [1.29, 1.82) is 0 Å². The molecule has 2 N–H and O–H groups in total. The minimum Gasteiger partial charge on any atom is -0.423 e. The van der Waals surface area contributed by atoms with E-state index in [4.69, 9.17) is 4.74 Å². The summed E-state index contributed by atoms with van der Waals surface area (Å²) in [7, 11) is 0. The smallest absolute Gasteiger partial charge is 0.343 e. The van der Waals surface area contributed by atoms with Gasteiger partial charge in [-0.3, -0.25) is 9.78 Å². The number of nitrogens with one attached hydrogen (secondary N) is 2. The molecule has 0 fully saturated rings. The molecule has 0 amide bonds. The van der Waals surface area contributed by atoms with Gasteiger partial charge in [-0.05, 0) is 42.0 Å². The topological polar surface area (TPSA) is 96.4 Å². The van der Waals surface area contributed by atoms with Crippen LogP contribution in [-0.2, 0) is 0 Å². The fourth-order valence-corrected chi connectivity index (χ4v) is 2.80. The molecular formula is C24H18N4O3. The van der Waals surface area contributed by atoms with Crippen LogP contribution in [0.25, 0.3) is 11.3 Å². The van der Waals surface area contributed by atoms with Gasteiger partial charge in [0.1, 0.15) is 5.75 Å². The van der Waals surface area contributed by atoms with E-state index in [1.165, 1.54) is 6.07 Å². The number of rotatable bonds is 6. The maximum atomic E-state index is 12.1. The molecular weight excluding hydrogens is 392 g/mol. The minimum atomic E-state index is -0.419. The predicted octanol–water partition coefficient (Wildman–Crippen LogP) is 4.10. The molecule has 0 bridgehead atoms. The van der Waals surface area contributed by atoms with E-state index < -0.39 is 5.97 Å². The predicted molar refractivity (Wildman–Crippen MR) is 119 cm³/mol. The molecule has 0 saturated heterocycles.